The van der Waals surface area contributed by atoms with E-state index in [2.05, 4.69) is 45.1 Å². The SMILES string of the molecule is CCNC(CN(C)C)C1CC(C)CC(C)C1. The van der Waals surface area contributed by atoms with Gasteiger partial charge in [0.15, 0.2) is 0 Å². The predicted octanol–water partition coefficient (Wildman–Crippen LogP) is 2.60. The summed E-state index contributed by atoms with van der Waals surface area (Å²) in [6.07, 6.45) is 4.25. The Hall–Kier alpha value is -0.0800. The van der Waals surface area contributed by atoms with Crippen LogP contribution in [0.5, 0.6) is 0 Å². The van der Waals surface area contributed by atoms with Gasteiger partial charge in [-0.25, -0.2) is 0 Å². The molecular formula is C14H30N2. The first-order valence-electron chi connectivity index (χ1n) is 6.91. The Labute approximate surface area is 102 Å². The molecule has 0 bridgehead atoms. The molecule has 0 heterocycles. The first kappa shape index (κ1) is 14.0. The zero-order chi connectivity index (χ0) is 12.1. The summed E-state index contributed by atoms with van der Waals surface area (Å²) in [4.78, 5) is 2.32. The van der Waals surface area contributed by atoms with E-state index in [1.807, 2.05) is 0 Å². The highest BCUT2D eigenvalue weighted by Crippen LogP contribution is 2.34. The molecule has 0 radical (unpaired) electrons. The number of likely N-dealkylation sites (N-methyl/N-ethyl adjacent to an activating group) is 2. The lowest BCUT2D eigenvalue weighted by Gasteiger charge is -2.38. The van der Waals surface area contributed by atoms with E-state index in [1.54, 1.807) is 0 Å². The molecule has 96 valence electrons. The van der Waals surface area contributed by atoms with E-state index in [0.717, 1.165) is 24.3 Å². The molecule has 0 aromatic heterocycles. The lowest BCUT2D eigenvalue weighted by atomic mass is 9.73. The molecule has 16 heavy (non-hydrogen) atoms. The molecule has 1 aliphatic carbocycles. The van der Waals surface area contributed by atoms with Crippen molar-refractivity contribution in [1.82, 2.24) is 10.2 Å². The molecule has 0 aromatic carbocycles. The van der Waals surface area contributed by atoms with Gasteiger partial charge in [0, 0.05) is 12.6 Å². The van der Waals surface area contributed by atoms with Crippen molar-refractivity contribution < 1.29 is 0 Å². The van der Waals surface area contributed by atoms with E-state index < -0.39 is 0 Å². The molecule has 1 saturated carbocycles. The van der Waals surface area contributed by atoms with Crippen molar-refractivity contribution in [1.29, 1.82) is 0 Å². The van der Waals surface area contributed by atoms with Gasteiger partial charge in [-0.1, -0.05) is 20.8 Å². The minimum atomic E-state index is 0.685. The van der Waals surface area contributed by atoms with Crippen LogP contribution in [0.25, 0.3) is 0 Å². The minimum Gasteiger partial charge on any atom is -0.313 e. The fourth-order valence-electron chi connectivity index (χ4n) is 3.37. The first-order chi connectivity index (χ1) is 7.52. The Morgan fingerprint density at radius 1 is 1.12 bits per heavy atom. The van der Waals surface area contributed by atoms with Crippen LogP contribution in [0.3, 0.4) is 0 Å². The molecule has 1 fully saturated rings. The monoisotopic (exact) mass is 226 g/mol. The van der Waals surface area contributed by atoms with Crippen LogP contribution in [0.1, 0.15) is 40.0 Å². The number of hydrogen-bond donors (Lipinski definition) is 1. The van der Waals surface area contributed by atoms with Crippen LogP contribution in [0.2, 0.25) is 0 Å². The number of rotatable bonds is 5. The Morgan fingerprint density at radius 3 is 2.12 bits per heavy atom. The molecule has 0 aliphatic heterocycles. The third-order valence-electron chi connectivity index (χ3n) is 3.81. The van der Waals surface area contributed by atoms with Crippen LogP contribution in [0, 0.1) is 17.8 Å². The van der Waals surface area contributed by atoms with Crippen LogP contribution in [0.4, 0.5) is 0 Å². The molecule has 1 N–H and O–H groups in total. The highest BCUT2D eigenvalue weighted by molar-refractivity contribution is 4.84. The summed E-state index contributed by atoms with van der Waals surface area (Å²) >= 11 is 0. The van der Waals surface area contributed by atoms with Gasteiger partial charge in [0.25, 0.3) is 0 Å². The molecular weight excluding hydrogens is 196 g/mol. The topological polar surface area (TPSA) is 15.3 Å². The van der Waals surface area contributed by atoms with Crippen LogP contribution in [0.15, 0.2) is 0 Å². The van der Waals surface area contributed by atoms with Crippen LogP contribution in [-0.4, -0.2) is 38.1 Å². The maximum absolute atomic E-state index is 3.68. The standard InChI is InChI=1S/C14H30N2/c1-6-15-14(10-16(4)5)13-8-11(2)7-12(3)9-13/h11-15H,6-10H2,1-5H3. The van der Waals surface area contributed by atoms with E-state index in [0.29, 0.717) is 6.04 Å². The van der Waals surface area contributed by atoms with Crippen LogP contribution >= 0.6 is 0 Å². The second kappa shape index (κ2) is 6.61. The van der Waals surface area contributed by atoms with E-state index in [9.17, 15) is 0 Å². The molecule has 2 heteroatoms. The summed E-state index contributed by atoms with van der Waals surface area (Å²) in [5.41, 5.74) is 0. The summed E-state index contributed by atoms with van der Waals surface area (Å²) in [6.45, 7) is 9.33. The van der Waals surface area contributed by atoms with Crippen molar-refractivity contribution >= 4 is 0 Å². The third-order valence-corrected chi connectivity index (χ3v) is 3.81. The van der Waals surface area contributed by atoms with Crippen LogP contribution in [-0.2, 0) is 0 Å². The normalized spacial score (nSPS) is 33.0. The minimum absolute atomic E-state index is 0.685. The van der Waals surface area contributed by atoms with E-state index >= 15 is 0 Å². The zero-order valence-corrected chi connectivity index (χ0v) is 11.8. The molecule has 0 spiro atoms. The molecule has 1 rings (SSSR count). The van der Waals surface area contributed by atoms with Gasteiger partial charge in [-0.3, -0.25) is 0 Å². The van der Waals surface area contributed by atoms with Gasteiger partial charge < -0.3 is 10.2 Å². The van der Waals surface area contributed by atoms with Crippen molar-refractivity contribution in [3.05, 3.63) is 0 Å². The third kappa shape index (κ3) is 4.42. The average molecular weight is 226 g/mol. The zero-order valence-electron chi connectivity index (χ0n) is 11.8. The number of hydrogen-bond acceptors (Lipinski definition) is 2. The predicted molar refractivity (Wildman–Crippen MR) is 71.7 cm³/mol. The van der Waals surface area contributed by atoms with Gasteiger partial charge in [-0.2, -0.15) is 0 Å². The highest BCUT2D eigenvalue weighted by Gasteiger charge is 2.29. The van der Waals surface area contributed by atoms with Crippen molar-refractivity contribution in [3.8, 4) is 0 Å². The average Bonchev–Trinajstić information content (AvgIpc) is 2.14. The Bertz CT molecular complexity index is 178. The van der Waals surface area contributed by atoms with E-state index in [4.69, 9.17) is 0 Å². The maximum atomic E-state index is 3.68. The second-order valence-corrected chi connectivity index (χ2v) is 6.10. The lowest BCUT2D eigenvalue weighted by molar-refractivity contribution is 0.158. The maximum Gasteiger partial charge on any atom is 0.0223 e. The van der Waals surface area contributed by atoms with Crippen LogP contribution < -0.4 is 5.32 Å². The largest absolute Gasteiger partial charge is 0.313 e. The van der Waals surface area contributed by atoms with Crippen molar-refractivity contribution in [3.63, 3.8) is 0 Å². The van der Waals surface area contributed by atoms with Gasteiger partial charge in [0.05, 0.1) is 0 Å². The van der Waals surface area contributed by atoms with Gasteiger partial charge in [0.2, 0.25) is 0 Å². The number of nitrogens with one attached hydrogen (secondary N) is 1. The molecule has 0 aromatic rings. The summed E-state index contributed by atoms with van der Waals surface area (Å²) in [5.74, 6) is 2.70. The number of nitrogens with zero attached hydrogens (tertiary/aromatic N) is 1. The van der Waals surface area contributed by atoms with Crippen molar-refractivity contribution in [2.75, 3.05) is 27.2 Å². The molecule has 0 saturated heterocycles. The lowest BCUT2D eigenvalue weighted by Crippen LogP contribution is -2.45. The summed E-state index contributed by atoms with van der Waals surface area (Å²) in [6, 6.07) is 0.685. The summed E-state index contributed by atoms with van der Waals surface area (Å²) in [5, 5.41) is 3.68. The van der Waals surface area contributed by atoms with Gasteiger partial charge in [-0.05, 0) is 57.7 Å². The van der Waals surface area contributed by atoms with Gasteiger partial charge in [0.1, 0.15) is 0 Å². The summed E-state index contributed by atoms with van der Waals surface area (Å²) < 4.78 is 0. The fraction of sp³-hybridized carbons (Fsp3) is 1.00. The van der Waals surface area contributed by atoms with Crippen molar-refractivity contribution in [2.45, 2.75) is 46.1 Å². The second-order valence-electron chi connectivity index (χ2n) is 6.10. The van der Waals surface area contributed by atoms with E-state index in [-0.39, 0.29) is 0 Å². The Kier molecular flexibility index (Phi) is 5.77. The Balaban J connectivity index is 2.54. The smallest absolute Gasteiger partial charge is 0.0223 e. The fourth-order valence-corrected chi connectivity index (χ4v) is 3.37. The molecule has 0 amide bonds. The Morgan fingerprint density at radius 2 is 1.69 bits per heavy atom. The molecule has 2 nitrogen and oxygen atoms in total. The summed E-state index contributed by atoms with van der Waals surface area (Å²) in [7, 11) is 4.36. The van der Waals surface area contributed by atoms with Crippen molar-refractivity contribution in [2.24, 2.45) is 17.8 Å². The molecule has 3 unspecified atom stereocenters. The molecule has 3 atom stereocenters. The first-order valence-corrected chi connectivity index (χ1v) is 6.91. The van der Waals surface area contributed by atoms with Gasteiger partial charge in [-0.15, -0.1) is 0 Å². The molecule has 1 aliphatic rings. The highest BCUT2D eigenvalue weighted by atomic mass is 15.1. The quantitative estimate of drug-likeness (QED) is 0.775. The van der Waals surface area contributed by atoms with E-state index in [1.165, 1.54) is 25.8 Å². The van der Waals surface area contributed by atoms with Gasteiger partial charge >= 0.3 is 0 Å².